The van der Waals surface area contributed by atoms with E-state index in [0.29, 0.717) is 12.1 Å². The molecular formula is C15H30N4. The molecule has 2 unspecified atom stereocenters. The Hall–Kier alpha value is -0.420. The molecule has 0 aromatic heterocycles. The molecule has 0 amide bonds. The molecule has 0 aromatic carbocycles. The molecule has 0 radical (unpaired) electrons. The van der Waals surface area contributed by atoms with Gasteiger partial charge in [-0.2, -0.15) is 0 Å². The summed E-state index contributed by atoms with van der Waals surface area (Å²) in [6.45, 7) is 3.50. The van der Waals surface area contributed by atoms with Gasteiger partial charge in [0.2, 0.25) is 0 Å². The van der Waals surface area contributed by atoms with Gasteiger partial charge >= 0.3 is 0 Å². The molecule has 2 rings (SSSR count). The van der Waals surface area contributed by atoms with Gasteiger partial charge in [-0.25, -0.2) is 0 Å². The van der Waals surface area contributed by atoms with Gasteiger partial charge in [-0.3, -0.25) is 11.3 Å². The standard InChI is InChI=1S/C15H30N4/c1-18-9-10-19(2)14(12-18)11-15(17-16)13-7-5-3-4-6-8-13/h7,14-15,17H,3-6,8-12,16H2,1-2H3. The van der Waals surface area contributed by atoms with Gasteiger partial charge in [0.15, 0.2) is 0 Å². The Balaban J connectivity index is 1.95. The Morgan fingerprint density at radius 3 is 2.95 bits per heavy atom. The van der Waals surface area contributed by atoms with Gasteiger partial charge in [0.05, 0.1) is 0 Å². The lowest BCUT2D eigenvalue weighted by Crippen LogP contribution is -2.53. The Morgan fingerprint density at radius 1 is 1.32 bits per heavy atom. The third-order valence-corrected chi connectivity index (χ3v) is 4.71. The van der Waals surface area contributed by atoms with E-state index >= 15 is 0 Å². The van der Waals surface area contributed by atoms with Crippen LogP contribution in [0.2, 0.25) is 0 Å². The molecule has 0 aromatic rings. The van der Waals surface area contributed by atoms with Crippen LogP contribution in [0.5, 0.6) is 0 Å². The number of hydrogen-bond donors (Lipinski definition) is 2. The van der Waals surface area contributed by atoms with Crippen molar-refractivity contribution in [2.24, 2.45) is 5.84 Å². The minimum atomic E-state index is 0.358. The summed E-state index contributed by atoms with van der Waals surface area (Å²) in [5.74, 6) is 5.83. The number of hydrazine groups is 1. The summed E-state index contributed by atoms with van der Waals surface area (Å²) in [7, 11) is 4.46. The fourth-order valence-corrected chi connectivity index (χ4v) is 3.31. The first-order chi connectivity index (χ1) is 9.20. The van der Waals surface area contributed by atoms with Crippen molar-refractivity contribution in [2.75, 3.05) is 33.7 Å². The van der Waals surface area contributed by atoms with Crippen LogP contribution in [0.1, 0.15) is 38.5 Å². The summed E-state index contributed by atoms with van der Waals surface area (Å²) in [6.07, 6.45) is 10.0. The van der Waals surface area contributed by atoms with E-state index in [1.165, 1.54) is 38.6 Å². The zero-order chi connectivity index (χ0) is 13.7. The predicted octanol–water partition coefficient (Wildman–Crippen LogP) is 1.34. The lowest BCUT2D eigenvalue weighted by atomic mass is 9.94. The van der Waals surface area contributed by atoms with Crippen LogP contribution in [0.4, 0.5) is 0 Å². The molecule has 1 heterocycles. The summed E-state index contributed by atoms with van der Waals surface area (Å²) in [6, 6.07) is 0.973. The number of allylic oxidation sites excluding steroid dienone is 1. The number of nitrogens with one attached hydrogen (secondary N) is 1. The first-order valence-electron chi connectivity index (χ1n) is 7.74. The van der Waals surface area contributed by atoms with E-state index < -0.39 is 0 Å². The Labute approximate surface area is 118 Å². The Bertz CT molecular complexity index is 303. The SMILES string of the molecule is CN1CCN(C)C(CC(NN)C2=CCCCCC2)C1. The third-order valence-electron chi connectivity index (χ3n) is 4.71. The molecule has 110 valence electrons. The molecule has 1 saturated heterocycles. The molecule has 1 aliphatic carbocycles. The average molecular weight is 266 g/mol. The van der Waals surface area contributed by atoms with E-state index in [9.17, 15) is 0 Å². The molecule has 4 nitrogen and oxygen atoms in total. The maximum Gasteiger partial charge on any atom is 0.0435 e. The van der Waals surface area contributed by atoms with Crippen molar-refractivity contribution in [1.82, 2.24) is 15.2 Å². The lowest BCUT2D eigenvalue weighted by molar-refractivity contribution is 0.103. The summed E-state index contributed by atoms with van der Waals surface area (Å²) in [4.78, 5) is 4.92. The summed E-state index contributed by atoms with van der Waals surface area (Å²) < 4.78 is 0. The third kappa shape index (κ3) is 4.28. The fraction of sp³-hybridized carbons (Fsp3) is 0.867. The van der Waals surface area contributed by atoms with Gasteiger partial charge in [0.25, 0.3) is 0 Å². The smallest absolute Gasteiger partial charge is 0.0435 e. The van der Waals surface area contributed by atoms with Gasteiger partial charge in [0, 0.05) is 31.7 Å². The molecule has 1 aliphatic heterocycles. The molecular weight excluding hydrogens is 236 g/mol. The van der Waals surface area contributed by atoms with Crippen LogP contribution in [0.3, 0.4) is 0 Å². The van der Waals surface area contributed by atoms with Crippen molar-refractivity contribution < 1.29 is 0 Å². The molecule has 3 N–H and O–H groups in total. The maximum atomic E-state index is 5.83. The number of nitrogens with zero attached hydrogens (tertiary/aromatic N) is 2. The number of rotatable bonds is 4. The van der Waals surface area contributed by atoms with Crippen LogP contribution in [-0.2, 0) is 0 Å². The Kier molecular flexibility index (Phi) is 5.82. The number of piperazine rings is 1. The number of nitrogens with two attached hydrogens (primary N) is 1. The van der Waals surface area contributed by atoms with Crippen molar-refractivity contribution in [3.05, 3.63) is 11.6 Å². The van der Waals surface area contributed by atoms with Gasteiger partial charge in [-0.1, -0.05) is 18.1 Å². The van der Waals surface area contributed by atoms with Gasteiger partial charge in [0.1, 0.15) is 0 Å². The highest BCUT2D eigenvalue weighted by Crippen LogP contribution is 2.23. The predicted molar refractivity (Wildman–Crippen MR) is 80.8 cm³/mol. The topological polar surface area (TPSA) is 44.5 Å². The largest absolute Gasteiger partial charge is 0.304 e. The van der Waals surface area contributed by atoms with E-state index in [-0.39, 0.29) is 0 Å². The molecule has 19 heavy (non-hydrogen) atoms. The highest BCUT2D eigenvalue weighted by molar-refractivity contribution is 5.12. The van der Waals surface area contributed by atoms with E-state index in [4.69, 9.17) is 5.84 Å². The molecule has 0 spiro atoms. The highest BCUT2D eigenvalue weighted by Gasteiger charge is 2.26. The zero-order valence-electron chi connectivity index (χ0n) is 12.6. The van der Waals surface area contributed by atoms with Crippen molar-refractivity contribution in [3.63, 3.8) is 0 Å². The Morgan fingerprint density at radius 2 is 2.16 bits per heavy atom. The van der Waals surface area contributed by atoms with Crippen LogP contribution in [-0.4, -0.2) is 55.6 Å². The molecule has 0 bridgehead atoms. The van der Waals surface area contributed by atoms with Gasteiger partial charge < -0.3 is 9.80 Å². The molecule has 2 aliphatic rings. The van der Waals surface area contributed by atoms with Crippen LogP contribution >= 0.6 is 0 Å². The second-order valence-electron chi connectivity index (χ2n) is 6.23. The van der Waals surface area contributed by atoms with Crippen molar-refractivity contribution in [2.45, 2.75) is 50.6 Å². The maximum absolute atomic E-state index is 5.83. The van der Waals surface area contributed by atoms with E-state index in [2.05, 4.69) is 35.4 Å². The van der Waals surface area contributed by atoms with E-state index in [1.54, 1.807) is 5.57 Å². The lowest BCUT2D eigenvalue weighted by Gasteiger charge is -2.39. The number of likely N-dealkylation sites (N-methyl/N-ethyl adjacent to an activating group) is 2. The van der Waals surface area contributed by atoms with Crippen LogP contribution in [0.15, 0.2) is 11.6 Å². The first kappa shape index (κ1) is 15.0. The van der Waals surface area contributed by atoms with Crippen molar-refractivity contribution >= 4 is 0 Å². The quantitative estimate of drug-likeness (QED) is 0.458. The normalized spacial score (nSPS) is 28.8. The number of hydrogen-bond acceptors (Lipinski definition) is 4. The molecule has 1 fully saturated rings. The second kappa shape index (κ2) is 7.39. The van der Waals surface area contributed by atoms with Crippen LogP contribution in [0.25, 0.3) is 0 Å². The minimum absolute atomic E-state index is 0.358. The van der Waals surface area contributed by atoms with E-state index in [1.807, 2.05) is 0 Å². The highest BCUT2D eigenvalue weighted by atomic mass is 15.3. The zero-order valence-corrected chi connectivity index (χ0v) is 12.6. The van der Waals surface area contributed by atoms with Crippen LogP contribution < -0.4 is 11.3 Å². The minimum Gasteiger partial charge on any atom is -0.304 e. The monoisotopic (exact) mass is 266 g/mol. The molecule has 4 heteroatoms. The molecule has 2 atom stereocenters. The fourth-order valence-electron chi connectivity index (χ4n) is 3.31. The molecule has 0 saturated carbocycles. The first-order valence-corrected chi connectivity index (χ1v) is 7.74. The summed E-state index contributed by atoms with van der Waals surface area (Å²) in [5, 5.41) is 0. The average Bonchev–Trinajstić information content (AvgIpc) is 2.68. The van der Waals surface area contributed by atoms with Gasteiger partial charge in [-0.05, 0) is 46.2 Å². The van der Waals surface area contributed by atoms with Crippen molar-refractivity contribution in [1.29, 1.82) is 0 Å². The summed E-state index contributed by atoms with van der Waals surface area (Å²) >= 11 is 0. The van der Waals surface area contributed by atoms with E-state index in [0.717, 1.165) is 19.5 Å². The second-order valence-corrected chi connectivity index (χ2v) is 6.23. The summed E-state index contributed by atoms with van der Waals surface area (Å²) in [5.41, 5.74) is 4.61. The van der Waals surface area contributed by atoms with Crippen LogP contribution in [0, 0.1) is 0 Å². The van der Waals surface area contributed by atoms with Crippen molar-refractivity contribution in [3.8, 4) is 0 Å². The van der Waals surface area contributed by atoms with Gasteiger partial charge in [-0.15, -0.1) is 0 Å².